The number of benzene rings is 2. The molecule has 2 heterocycles. The van der Waals surface area contributed by atoms with E-state index in [1.165, 1.54) is 35.6 Å². The number of aromatic nitrogens is 1. The zero-order valence-corrected chi connectivity index (χ0v) is 20.8. The maximum absolute atomic E-state index is 13.0. The molecule has 194 valence electrons. The quantitative estimate of drug-likeness (QED) is 0.333. The number of hydrogen-bond acceptors (Lipinski definition) is 5. The lowest BCUT2D eigenvalue weighted by Gasteiger charge is -2.31. The molecule has 1 saturated heterocycles. The molecule has 0 bridgehead atoms. The number of thiazole rings is 1. The van der Waals surface area contributed by atoms with Gasteiger partial charge in [-0.2, -0.15) is 0 Å². The Morgan fingerprint density at radius 1 is 1.14 bits per heavy atom. The molecule has 4 rings (SSSR count). The number of para-hydroxylation sites is 1. The molecular formula is C27H26F3N3O3S. The van der Waals surface area contributed by atoms with Gasteiger partial charge in [0.2, 0.25) is 5.91 Å². The lowest BCUT2D eigenvalue weighted by Crippen LogP contribution is -2.37. The number of likely N-dealkylation sites (tertiary alicyclic amines) is 1. The standard InChI is InChI=1S/C27H26F3N3O3S/c1-2-3-8-24(34)33-15-13-19(14-16-33)26-32-23(17-37-26)25(35)31-22-7-5-4-6-21(22)18-9-11-20(12-10-18)36-27(28,29)30/h2,4-7,9-12,17,19H,1,3,8,13-16H2,(H,31,35). The van der Waals surface area contributed by atoms with Gasteiger partial charge < -0.3 is 15.0 Å². The first-order valence-electron chi connectivity index (χ1n) is 11.8. The van der Waals surface area contributed by atoms with Gasteiger partial charge in [0.15, 0.2) is 0 Å². The van der Waals surface area contributed by atoms with E-state index in [2.05, 4.69) is 21.6 Å². The van der Waals surface area contributed by atoms with Crippen LogP contribution in [0.3, 0.4) is 0 Å². The summed E-state index contributed by atoms with van der Waals surface area (Å²) in [5.41, 5.74) is 2.09. The van der Waals surface area contributed by atoms with Crippen molar-refractivity contribution in [1.82, 2.24) is 9.88 Å². The molecule has 37 heavy (non-hydrogen) atoms. The number of carbonyl (C=O) groups is 2. The fourth-order valence-corrected chi connectivity index (χ4v) is 5.18. The van der Waals surface area contributed by atoms with Crippen LogP contribution in [-0.2, 0) is 4.79 Å². The van der Waals surface area contributed by atoms with Gasteiger partial charge in [-0.15, -0.1) is 31.1 Å². The molecule has 0 spiro atoms. The van der Waals surface area contributed by atoms with Gasteiger partial charge in [-0.3, -0.25) is 9.59 Å². The first kappa shape index (κ1) is 26.4. The Morgan fingerprint density at radius 2 is 1.84 bits per heavy atom. The fourth-order valence-electron chi connectivity index (χ4n) is 4.21. The molecule has 10 heteroatoms. The SMILES string of the molecule is C=CCCC(=O)N1CCC(c2nc(C(=O)Nc3ccccc3-c3ccc(OC(F)(F)F)cc3)cs2)CC1. The summed E-state index contributed by atoms with van der Waals surface area (Å²) >= 11 is 1.43. The Kier molecular flexibility index (Phi) is 8.27. The summed E-state index contributed by atoms with van der Waals surface area (Å²) in [4.78, 5) is 31.6. The first-order chi connectivity index (χ1) is 17.7. The summed E-state index contributed by atoms with van der Waals surface area (Å²) in [7, 11) is 0. The Morgan fingerprint density at radius 3 is 2.51 bits per heavy atom. The number of anilines is 1. The number of ether oxygens (including phenoxy) is 1. The molecule has 6 nitrogen and oxygen atoms in total. The average molecular weight is 530 g/mol. The van der Waals surface area contributed by atoms with Crippen molar-refractivity contribution in [1.29, 1.82) is 0 Å². The predicted octanol–water partition coefficient (Wildman–Crippen LogP) is 6.63. The van der Waals surface area contributed by atoms with Crippen LogP contribution in [0.25, 0.3) is 11.1 Å². The van der Waals surface area contributed by atoms with Crippen LogP contribution in [-0.4, -0.2) is 41.2 Å². The van der Waals surface area contributed by atoms with Crippen molar-refractivity contribution in [3.05, 3.63) is 77.3 Å². The smallest absolute Gasteiger partial charge is 0.406 e. The molecule has 0 atom stereocenters. The second kappa shape index (κ2) is 11.6. The number of hydrogen-bond donors (Lipinski definition) is 1. The monoisotopic (exact) mass is 529 g/mol. The molecule has 1 aliphatic heterocycles. The number of nitrogens with one attached hydrogen (secondary N) is 1. The number of piperidine rings is 1. The number of allylic oxidation sites excluding steroid dienone is 1. The maximum atomic E-state index is 13.0. The predicted molar refractivity (Wildman–Crippen MR) is 137 cm³/mol. The number of nitrogens with zero attached hydrogens (tertiary/aromatic N) is 2. The van der Waals surface area contributed by atoms with Crippen molar-refractivity contribution < 1.29 is 27.5 Å². The molecule has 2 aromatic carbocycles. The van der Waals surface area contributed by atoms with E-state index < -0.39 is 6.36 Å². The van der Waals surface area contributed by atoms with E-state index in [9.17, 15) is 22.8 Å². The van der Waals surface area contributed by atoms with Crippen LogP contribution in [0.5, 0.6) is 5.75 Å². The highest BCUT2D eigenvalue weighted by molar-refractivity contribution is 7.10. The van der Waals surface area contributed by atoms with E-state index in [4.69, 9.17) is 0 Å². The van der Waals surface area contributed by atoms with Crippen molar-refractivity contribution in [3.8, 4) is 16.9 Å². The highest BCUT2D eigenvalue weighted by atomic mass is 32.1. The molecule has 0 unspecified atom stereocenters. The van der Waals surface area contributed by atoms with Crippen molar-refractivity contribution in [2.75, 3.05) is 18.4 Å². The largest absolute Gasteiger partial charge is 0.573 e. The second-order valence-corrected chi connectivity index (χ2v) is 9.51. The van der Waals surface area contributed by atoms with E-state index in [-0.39, 0.29) is 23.5 Å². The van der Waals surface area contributed by atoms with E-state index in [1.807, 2.05) is 4.90 Å². The van der Waals surface area contributed by atoms with E-state index >= 15 is 0 Å². The number of halogens is 3. The first-order valence-corrected chi connectivity index (χ1v) is 12.7. The van der Waals surface area contributed by atoms with Crippen molar-refractivity contribution in [2.24, 2.45) is 0 Å². The van der Waals surface area contributed by atoms with E-state index in [0.29, 0.717) is 48.4 Å². The Labute approximate surface area is 216 Å². The molecule has 0 aliphatic carbocycles. The topological polar surface area (TPSA) is 71.5 Å². The summed E-state index contributed by atoms with van der Waals surface area (Å²) in [6.07, 6.45) is -0.280. The summed E-state index contributed by atoms with van der Waals surface area (Å²) < 4.78 is 41.3. The minimum Gasteiger partial charge on any atom is -0.406 e. The summed E-state index contributed by atoms with van der Waals surface area (Å²) in [5, 5.41) is 5.46. The van der Waals surface area contributed by atoms with E-state index in [1.54, 1.807) is 35.7 Å². The van der Waals surface area contributed by atoms with Gasteiger partial charge in [-0.05, 0) is 43.0 Å². The summed E-state index contributed by atoms with van der Waals surface area (Å²) in [6, 6.07) is 12.5. The fraction of sp³-hybridized carbons (Fsp3) is 0.296. The third-order valence-electron chi connectivity index (χ3n) is 6.09. The third-order valence-corrected chi connectivity index (χ3v) is 7.10. The minimum absolute atomic E-state index is 0.138. The van der Waals surface area contributed by atoms with E-state index in [0.717, 1.165) is 17.8 Å². The second-order valence-electron chi connectivity index (χ2n) is 8.63. The molecule has 3 aromatic rings. The molecule has 1 N–H and O–H groups in total. The Balaban J connectivity index is 1.40. The minimum atomic E-state index is -4.76. The molecule has 1 aliphatic rings. The third kappa shape index (κ3) is 6.97. The maximum Gasteiger partial charge on any atom is 0.573 e. The van der Waals surface area contributed by atoms with Crippen LogP contribution < -0.4 is 10.1 Å². The summed E-state index contributed by atoms with van der Waals surface area (Å²) in [6.45, 7) is 4.99. The Bertz CT molecular complexity index is 1250. The van der Waals surface area contributed by atoms with Gasteiger partial charge in [0, 0.05) is 42.1 Å². The van der Waals surface area contributed by atoms with Crippen LogP contribution in [0.1, 0.15) is 47.1 Å². The number of carbonyl (C=O) groups excluding carboxylic acids is 2. The molecule has 2 amide bonds. The molecular weight excluding hydrogens is 503 g/mol. The highest BCUT2D eigenvalue weighted by Gasteiger charge is 2.31. The van der Waals surface area contributed by atoms with Crippen LogP contribution in [0.2, 0.25) is 0 Å². The number of amides is 2. The van der Waals surface area contributed by atoms with Crippen molar-refractivity contribution in [2.45, 2.75) is 38.0 Å². The van der Waals surface area contributed by atoms with Gasteiger partial charge >= 0.3 is 6.36 Å². The molecule has 0 radical (unpaired) electrons. The van der Waals surface area contributed by atoms with Crippen LogP contribution in [0.4, 0.5) is 18.9 Å². The van der Waals surface area contributed by atoms with Gasteiger partial charge in [-0.25, -0.2) is 4.98 Å². The van der Waals surface area contributed by atoms with Gasteiger partial charge in [0.25, 0.3) is 5.91 Å². The number of rotatable bonds is 8. The zero-order chi connectivity index (χ0) is 26.4. The zero-order valence-electron chi connectivity index (χ0n) is 20.0. The summed E-state index contributed by atoms with van der Waals surface area (Å²) in [5.74, 6) is -0.359. The Hall–Kier alpha value is -3.66. The molecule has 1 fully saturated rings. The highest BCUT2D eigenvalue weighted by Crippen LogP contribution is 2.33. The van der Waals surface area contributed by atoms with Crippen LogP contribution >= 0.6 is 11.3 Å². The lowest BCUT2D eigenvalue weighted by atomic mass is 9.97. The molecule has 1 aromatic heterocycles. The normalized spacial score (nSPS) is 14.3. The van der Waals surface area contributed by atoms with Crippen molar-refractivity contribution in [3.63, 3.8) is 0 Å². The van der Waals surface area contributed by atoms with Gasteiger partial charge in [-0.1, -0.05) is 36.4 Å². The van der Waals surface area contributed by atoms with Crippen LogP contribution in [0, 0.1) is 0 Å². The van der Waals surface area contributed by atoms with Gasteiger partial charge in [0.05, 0.1) is 5.01 Å². The van der Waals surface area contributed by atoms with Gasteiger partial charge in [0.1, 0.15) is 11.4 Å². The van der Waals surface area contributed by atoms with Crippen LogP contribution in [0.15, 0.2) is 66.6 Å². The number of alkyl halides is 3. The average Bonchev–Trinajstić information content (AvgIpc) is 3.38. The molecule has 0 saturated carbocycles. The lowest BCUT2D eigenvalue weighted by molar-refractivity contribution is -0.274. The van der Waals surface area contributed by atoms with Crippen molar-refractivity contribution >= 4 is 28.8 Å².